The van der Waals surface area contributed by atoms with Crippen LogP contribution in [-0.2, 0) is 6.42 Å². The van der Waals surface area contributed by atoms with Gasteiger partial charge in [0.15, 0.2) is 0 Å². The van der Waals surface area contributed by atoms with Crippen LogP contribution in [0.25, 0.3) is 35.8 Å². The van der Waals surface area contributed by atoms with E-state index < -0.39 is 0 Å². The fourth-order valence-corrected chi connectivity index (χ4v) is 7.74. The quantitative estimate of drug-likeness (QED) is 0.243. The van der Waals surface area contributed by atoms with Crippen LogP contribution in [0.2, 0.25) is 0 Å². The molecule has 0 saturated heterocycles. The first-order valence-electron chi connectivity index (χ1n) is 10.6. The number of benzene rings is 1. The van der Waals surface area contributed by atoms with E-state index >= 15 is 0 Å². The summed E-state index contributed by atoms with van der Waals surface area (Å²) in [4.78, 5) is 13.7. The second-order valence-corrected chi connectivity index (χ2v) is 11.3. The van der Waals surface area contributed by atoms with Gasteiger partial charge in [0, 0.05) is 25.8 Å². The van der Waals surface area contributed by atoms with E-state index in [0.29, 0.717) is 0 Å². The van der Waals surface area contributed by atoms with Gasteiger partial charge in [-0.15, -0.1) is 45.8 Å². The molecule has 1 unspecified atom stereocenters. The number of hydrogen-bond acceptors (Lipinski definition) is 6. The standard InChI is InChI=1S/C24H28N2S4/c1-5-8-9-15(6-2)12-16-10-11-18(30-16)20-22-23(28-14-26-22)19(17(7-3)27-4)21-24(20)29-13-25-21/h7,10-11,13-15H,5-6,8-9,12H2,1-4H3/b17-7-. The number of aromatic nitrogens is 2. The van der Waals surface area contributed by atoms with Crippen LogP contribution in [0.4, 0.5) is 0 Å². The summed E-state index contributed by atoms with van der Waals surface area (Å²) in [7, 11) is 0. The van der Waals surface area contributed by atoms with Crippen LogP contribution in [-0.4, -0.2) is 16.2 Å². The van der Waals surface area contributed by atoms with Crippen LogP contribution in [0.1, 0.15) is 56.9 Å². The van der Waals surface area contributed by atoms with Gasteiger partial charge in [0.1, 0.15) is 0 Å². The molecule has 30 heavy (non-hydrogen) atoms. The molecule has 0 spiro atoms. The molecule has 2 nitrogen and oxygen atoms in total. The third-order valence-electron chi connectivity index (χ3n) is 5.73. The third-order valence-corrected chi connectivity index (χ3v) is 9.42. The molecule has 0 bridgehead atoms. The molecule has 1 aromatic carbocycles. The molecule has 158 valence electrons. The van der Waals surface area contributed by atoms with Gasteiger partial charge >= 0.3 is 0 Å². The summed E-state index contributed by atoms with van der Waals surface area (Å²) in [6.07, 6.45) is 10.8. The molecule has 1 atom stereocenters. The van der Waals surface area contributed by atoms with Crippen LogP contribution < -0.4 is 0 Å². The van der Waals surface area contributed by atoms with Crippen LogP contribution in [0.15, 0.2) is 29.2 Å². The normalized spacial score (nSPS) is 13.5. The summed E-state index contributed by atoms with van der Waals surface area (Å²) in [5, 5.41) is 0. The van der Waals surface area contributed by atoms with Crippen molar-refractivity contribution >= 4 is 71.1 Å². The number of rotatable bonds is 9. The molecule has 0 aliphatic carbocycles. The molecular weight excluding hydrogens is 445 g/mol. The Morgan fingerprint density at radius 3 is 2.57 bits per heavy atom. The van der Waals surface area contributed by atoms with E-state index in [1.54, 1.807) is 34.4 Å². The molecule has 0 saturated carbocycles. The van der Waals surface area contributed by atoms with Crippen molar-refractivity contribution in [1.82, 2.24) is 9.97 Å². The Morgan fingerprint density at radius 1 is 1.10 bits per heavy atom. The van der Waals surface area contributed by atoms with Gasteiger partial charge in [-0.05, 0) is 37.7 Å². The molecule has 3 aromatic heterocycles. The Kier molecular flexibility index (Phi) is 7.29. The minimum atomic E-state index is 0.792. The number of thioether (sulfide) groups is 1. The van der Waals surface area contributed by atoms with Crippen molar-refractivity contribution in [2.45, 2.75) is 52.9 Å². The summed E-state index contributed by atoms with van der Waals surface area (Å²) in [6, 6.07) is 4.65. The van der Waals surface area contributed by atoms with E-state index in [1.807, 2.05) is 22.4 Å². The molecule has 0 amide bonds. The van der Waals surface area contributed by atoms with Crippen molar-refractivity contribution in [2.24, 2.45) is 5.92 Å². The summed E-state index contributed by atoms with van der Waals surface area (Å²) in [5.74, 6) is 0.792. The maximum absolute atomic E-state index is 4.83. The molecule has 0 aliphatic rings. The van der Waals surface area contributed by atoms with Crippen molar-refractivity contribution in [2.75, 3.05) is 6.26 Å². The molecule has 4 aromatic rings. The summed E-state index contributed by atoms with van der Waals surface area (Å²) >= 11 is 7.21. The maximum atomic E-state index is 4.83. The van der Waals surface area contributed by atoms with E-state index in [4.69, 9.17) is 9.97 Å². The number of hydrogen-bond donors (Lipinski definition) is 0. The molecule has 3 heterocycles. The van der Waals surface area contributed by atoms with Gasteiger partial charge in [0.2, 0.25) is 0 Å². The molecular formula is C24H28N2S4. The molecule has 4 rings (SSSR count). The molecule has 0 fully saturated rings. The van der Waals surface area contributed by atoms with Crippen LogP contribution >= 0.6 is 45.8 Å². The zero-order valence-electron chi connectivity index (χ0n) is 18.0. The van der Waals surface area contributed by atoms with Gasteiger partial charge in [-0.25, -0.2) is 9.97 Å². The van der Waals surface area contributed by atoms with Crippen LogP contribution in [0.3, 0.4) is 0 Å². The van der Waals surface area contributed by atoms with Gasteiger partial charge in [-0.2, -0.15) is 0 Å². The van der Waals surface area contributed by atoms with Gasteiger partial charge in [0.05, 0.1) is 31.5 Å². The fourth-order valence-electron chi connectivity index (χ4n) is 4.09. The number of unbranched alkanes of at least 4 members (excludes halogenated alkanes) is 1. The largest absolute Gasteiger partial charge is 0.244 e. The second-order valence-electron chi connectivity index (χ2n) is 7.55. The SMILES string of the molecule is C/C=C(\SC)c1c2ncsc2c(-c2ccc(CC(CC)CCCC)s2)c2ncsc12. The Labute approximate surface area is 195 Å². The average molecular weight is 473 g/mol. The van der Waals surface area contributed by atoms with E-state index in [1.165, 1.54) is 67.3 Å². The minimum absolute atomic E-state index is 0.792. The van der Waals surface area contributed by atoms with Crippen molar-refractivity contribution in [3.05, 3.63) is 39.7 Å². The molecule has 0 aliphatic heterocycles. The number of thiophene rings is 1. The summed E-state index contributed by atoms with van der Waals surface area (Å²) in [5.41, 5.74) is 8.76. The lowest BCUT2D eigenvalue weighted by molar-refractivity contribution is 0.452. The number of allylic oxidation sites excluding steroid dienone is 1. The molecule has 0 radical (unpaired) electrons. The van der Waals surface area contributed by atoms with E-state index in [2.05, 4.69) is 45.2 Å². The van der Waals surface area contributed by atoms with E-state index in [9.17, 15) is 0 Å². The Hall–Kier alpha value is -1.21. The first-order valence-corrected chi connectivity index (χ1v) is 14.4. The lowest BCUT2D eigenvalue weighted by atomic mass is 9.95. The van der Waals surface area contributed by atoms with Crippen LogP contribution in [0, 0.1) is 5.92 Å². The van der Waals surface area contributed by atoms with Gasteiger partial charge in [-0.3, -0.25) is 0 Å². The third kappa shape index (κ3) is 4.12. The highest BCUT2D eigenvalue weighted by molar-refractivity contribution is 8.07. The molecule has 0 N–H and O–H groups in total. The number of fused-ring (bicyclic) bond motifs is 2. The predicted molar refractivity (Wildman–Crippen MR) is 140 cm³/mol. The first-order chi connectivity index (χ1) is 14.7. The fraction of sp³-hybridized carbons (Fsp3) is 0.417. The maximum Gasteiger partial charge on any atom is 0.0920 e. The first kappa shape index (κ1) is 22.0. The Balaban J connectivity index is 1.81. The monoisotopic (exact) mass is 472 g/mol. The van der Waals surface area contributed by atoms with Crippen LogP contribution in [0.5, 0.6) is 0 Å². The highest BCUT2D eigenvalue weighted by Gasteiger charge is 2.22. The van der Waals surface area contributed by atoms with E-state index in [0.717, 1.165) is 17.0 Å². The highest BCUT2D eigenvalue weighted by atomic mass is 32.2. The Bertz CT molecular complexity index is 1110. The number of nitrogens with zero attached hydrogens (tertiary/aromatic N) is 2. The van der Waals surface area contributed by atoms with E-state index in [-0.39, 0.29) is 0 Å². The van der Waals surface area contributed by atoms with Gasteiger partial charge in [-0.1, -0.05) is 45.6 Å². The second kappa shape index (κ2) is 9.94. The lowest BCUT2D eigenvalue weighted by Crippen LogP contribution is -2.01. The topological polar surface area (TPSA) is 25.8 Å². The number of thiazole rings is 2. The Morgan fingerprint density at radius 2 is 1.87 bits per heavy atom. The summed E-state index contributed by atoms with van der Waals surface area (Å²) < 4.78 is 2.53. The summed E-state index contributed by atoms with van der Waals surface area (Å²) in [6.45, 7) is 6.73. The van der Waals surface area contributed by atoms with Crippen molar-refractivity contribution in [3.8, 4) is 10.4 Å². The van der Waals surface area contributed by atoms with Crippen molar-refractivity contribution in [3.63, 3.8) is 0 Å². The van der Waals surface area contributed by atoms with Crippen molar-refractivity contribution < 1.29 is 0 Å². The average Bonchev–Trinajstić information content (AvgIpc) is 3.52. The smallest absolute Gasteiger partial charge is 0.0920 e. The van der Waals surface area contributed by atoms with Gasteiger partial charge in [0.25, 0.3) is 0 Å². The molecule has 6 heteroatoms. The zero-order chi connectivity index (χ0) is 21.1. The minimum Gasteiger partial charge on any atom is -0.244 e. The van der Waals surface area contributed by atoms with Gasteiger partial charge < -0.3 is 0 Å². The zero-order valence-corrected chi connectivity index (χ0v) is 21.3. The highest BCUT2D eigenvalue weighted by Crippen LogP contribution is 2.47. The lowest BCUT2D eigenvalue weighted by Gasteiger charge is -2.13. The van der Waals surface area contributed by atoms with Crippen molar-refractivity contribution in [1.29, 1.82) is 0 Å². The predicted octanol–water partition coefficient (Wildman–Crippen LogP) is 9.12.